The molecule has 0 aliphatic carbocycles. The predicted molar refractivity (Wildman–Crippen MR) is 210 cm³/mol. The predicted octanol–water partition coefficient (Wildman–Crippen LogP) is 13.8. The molecular weight excluding hydrogens is 593 g/mol. The van der Waals surface area contributed by atoms with Gasteiger partial charge in [0.15, 0.2) is 0 Å². The molecule has 1 nitrogen and oxygen atoms in total. The Balaban J connectivity index is 1.11. The zero-order valence-electron chi connectivity index (χ0n) is 26.6. The third kappa shape index (κ3) is 3.76. The Morgan fingerprint density at radius 1 is 0.286 bits per heavy atom. The van der Waals surface area contributed by atoms with Gasteiger partial charge in [0.25, 0.3) is 0 Å². The van der Waals surface area contributed by atoms with Crippen LogP contribution in [0.25, 0.3) is 109 Å². The van der Waals surface area contributed by atoms with Gasteiger partial charge in [-0.2, -0.15) is 0 Å². The molecule has 11 aromatic rings. The van der Waals surface area contributed by atoms with Crippen LogP contribution in [0.5, 0.6) is 0 Å². The van der Waals surface area contributed by atoms with Gasteiger partial charge < -0.3 is 4.42 Å². The van der Waals surface area contributed by atoms with Crippen molar-refractivity contribution < 1.29 is 4.42 Å². The Morgan fingerprint density at radius 2 is 0.796 bits per heavy atom. The number of furan rings is 1. The Hall–Kier alpha value is -6.44. The average Bonchev–Trinajstić information content (AvgIpc) is 3.57. The third-order valence-corrected chi connectivity index (χ3v) is 10.6. The van der Waals surface area contributed by atoms with E-state index in [2.05, 4.69) is 170 Å². The molecule has 0 aliphatic rings. The van der Waals surface area contributed by atoms with Gasteiger partial charge in [0.2, 0.25) is 0 Å². The molecule has 0 radical (unpaired) electrons. The van der Waals surface area contributed by atoms with Gasteiger partial charge >= 0.3 is 0 Å². The molecule has 0 saturated carbocycles. The summed E-state index contributed by atoms with van der Waals surface area (Å²) in [4.78, 5) is 0. The molecule has 0 unspecified atom stereocenters. The molecule has 0 N–H and O–H groups in total. The lowest BCUT2D eigenvalue weighted by atomic mass is 9.86. The van der Waals surface area contributed by atoms with E-state index in [1.54, 1.807) is 0 Å². The fourth-order valence-electron chi connectivity index (χ4n) is 8.44. The van der Waals surface area contributed by atoms with E-state index >= 15 is 0 Å². The van der Waals surface area contributed by atoms with Crippen LogP contribution < -0.4 is 0 Å². The molecule has 11 rings (SSSR count). The van der Waals surface area contributed by atoms with Crippen molar-refractivity contribution in [2.24, 2.45) is 0 Å². The number of rotatable bonds is 2. The Labute approximate surface area is 282 Å². The van der Waals surface area contributed by atoms with E-state index in [9.17, 15) is 0 Å². The van der Waals surface area contributed by atoms with Gasteiger partial charge in [-0.1, -0.05) is 152 Å². The van der Waals surface area contributed by atoms with Crippen LogP contribution in [0, 0.1) is 0 Å². The minimum atomic E-state index is 0.918. The number of fused-ring (bicyclic) bond motifs is 16. The molecule has 0 fully saturated rings. The Bertz CT molecular complexity index is 3140. The molecule has 226 valence electrons. The second-order valence-electron chi connectivity index (χ2n) is 13.2. The molecule has 1 aromatic heterocycles. The second-order valence-corrected chi connectivity index (χ2v) is 13.2. The zero-order chi connectivity index (χ0) is 32.1. The van der Waals surface area contributed by atoms with Crippen molar-refractivity contribution in [3.63, 3.8) is 0 Å². The molecule has 0 aliphatic heterocycles. The topological polar surface area (TPSA) is 13.1 Å². The first-order chi connectivity index (χ1) is 24.3. The highest BCUT2D eigenvalue weighted by atomic mass is 16.3. The minimum Gasteiger partial charge on any atom is -0.455 e. The lowest BCUT2D eigenvalue weighted by Crippen LogP contribution is -1.89. The van der Waals surface area contributed by atoms with Crippen molar-refractivity contribution in [2.75, 3.05) is 0 Å². The van der Waals surface area contributed by atoms with Crippen LogP contribution in [-0.4, -0.2) is 0 Å². The Kier molecular flexibility index (Phi) is 5.45. The molecular formula is C48H28O. The van der Waals surface area contributed by atoms with Crippen molar-refractivity contribution in [3.05, 3.63) is 170 Å². The van der Waals surface area contributed by atoms with E-state index in [4.69, 9.17) is 4.42 Å². The minimum absolute atomic E-state index is 0.918. The van der Waals surface area contributed by atoms with Crippen molar-refractivity contribution in [1.82, 2.24) is 0 Å². The van der Waals surface area contributed by atoms with E-state index in [0.717, 1.165) is 21.9 Å². The highest BCUT2D eigenvalue weighted by molar-refractivity contribution is 6.39. The van der Waals surface area contributed by atoms with Crippen LogP contribution >= 0.6 is 0 Å². The summed E-state index contributed by atoms with van der Waals surface area (Å²) in [5, 5.41) is 17.7. The van der Waals surface area contributed by atoms with Crippen LogP contribution in [0.4, 0.5) is 0 Å². The van der Waals surface area contributed by atoms with Gasteiger partial charge in [0.1, 0.15) is 11.2 Å². The number of hydrogen-bond donors (Lipinski definition) is 0. The molecule has 0 saturated heterocycles. The molecule has 0 spiro atoms. The fourth-order valence-corrected chi connectivity index (χ4v) is 8.44. The van der Waals surface area contributed by atoms with Crippen LogP contribution in [0.2, 0.25) is 0 Å². The molecule has 1 heterocycles. The summed E-state index contributed by atoms with van der Waals surface area (Å²) in [6.45, 7) is 0. The van der Waals surface area contributed by atoms with Crippen LogP contribution in [0.1, 0.15) is 0 Å². The average molecular weight is 621 g/mol. The summed E-state index contributed by atoms with van der Waals surface area (Å²) in [5.41, 5.74) is 6.66. The van der Waals surface area contributed by atoms with Crippen molar-refractivity contribution >= 4 is 86.6 Å². The van der Waals surface area contributed by atoms with Gasteiger partial charge in [-0.15, -0.1) is 0 Å². The van der Waals surface area contributed by atoms with Crippen LogP contribution in [0.15, 0.2) is 174 Å². The third-order valence-electron chi connectivity index (χ3n) is 10.6. The SMILES string of the molecule is c1ccc2c(c1)ccc1c2oc2cccc(-c3ccc(-c4ccc5c(c4)c4ccccc4c4c6ccccc6c6ccccc6c54)cc3)c21. The quantitative estimate of drug-likeness (QED) is 0.175. The zero-order valence-corrected chi connectivity index (χ0v) is 26.6. The van der Waals surface area contributed by atoms with Crippen LogP contribution in [0.3, 0.4) is 0 Å². The summed E-state index contributed by atoms with van der Waals surface area (Å²) < 4.78 is 6.48. The maximum atomic E-state index is 6.48. The summed E-state index contributed by atoms with van der Waals surface area (Å²) in [6.07, 6.45) is 0. The summed E-state index contributed by atoms with van der Waals surface area (Å²) in [6, 6.07) is 62.0. The first kappa shape index (κ1) is 26.6. The van der Waals surface area contributed by atoms with Gasteiger partial charge in [0, 0.05) is 16.2 Å². The lowest BCUT2D eigenvalue weighted by Gasteiger charge is -2.17. The van der Waals surface area contributed by atoms with Gasteiger partial charge in [-0.05, 0) is 99.7 Å². The lowest BCUT2D eigenvalue weighted by molar-refractivity contribution is 0.673. The van der Waals surface area contributed by atoms with E-state index in [1.165, 1.54) is 86.9 Å². The molecule has 0 atom stereocenters. The van der Waals surface area contributed by atoms with Crippen molar-refractivity contribution in [2.45, 2.75) is 0 Å². The molecule has 10 aromatic carbocycles. The van der Waals surface area contributed by atoms with E-state index < -0.39 is 0 Å². The molecule has 0 amide bonds. The molecule has 49 heavy (non-hydrogen) atoms. The van der Waals surface area contributed by atoms with Crippen molar-refractivity contribution in [3.8, 4) is 22.3 Å². The van der Waals surface area contributed by atoms with E-state index in [1.807, 2.05) is 0 Å². The summed E-state index contributed by atoms with van der Waals surface area (Å²) >= 11 is 0. The van der Waals surface area contributed by atoms with Crippen molar-refractivity contribution in [1.29, 1.82) is 0 Å². The maximum absolute atomic E-state index is 6.48. The van der Waals surface area contributed by atoms with Gasteiger partial charge in [0.05, 0.1) is 0 Å². The number of hydrogen-bond acceptors (Lipinski definition) is 1. The highest BCUT2D eigenvalue weighted by Gasteiger charge is 2.17. The van der Waals surface area contributed by atoms with E-state index in [-0.39, 0.29) is 0 Å². The number of benzene rings is 10. The smallest absolute Gasteiger partial charge is 0.143 e. The second kappa shape index (κ2) is 10.0. The summed E-state index contributed by atoms with van der Waals surface area (Å²) in [5.74, 6) is 0. The van der Waals surface area contributed by atoms with Gasteiger partial charge in [-0.25, -0.2) is 0 Å². The normalized spacial score (nSPS) is 12.1. The Morgan fingerprint density at radius 3 is 1.47 bits per heavy atom. The molecule has 0 bridgehead atoms. The monoisotopic (exact) mass is 620 g/mol. The standard InChI is InChI=1S/C48H28O/c1-2-11-34-30(10-1)24-27-42-45-33(18-9-19-44(45)49-48(34)42)31-22-20-29(21-23-31)32-25-26-41-43(28-32)37-14-5-8-17-40(37)46-38-15-6-3-12-35(38)36-13-4-7-16-39(36)47(41)46/h1-28H. The first-order valence-corrected chi connectivity index (χ1v) is 16.9. The van der Waals surface area contributed by atoms with E-state index in [0.29, 0.717) is 0 Å². The highest BCUT2D eigenvalue weighted by Crippen LogP contribution is 2.45. The first-order valence-electron chi connectivity index (χ1n) is 16.9. The van der Waals surface area contributed by atoms with Crippen LogP contribution in [-0.2, 0) is 0 Å². The molecule has 1 heteroatoms. The fraction of sp³-hybridized carbons (Fsp3) is 0. The summed E-state index contributed by atoms with van der Waals surface area (Å²) in [7, 11) is 0. The largest absolute Gasteiger partial charge is 0.455 e. The van der Waals surface area contributed by atoms with Gasteiger partial charge in [-0.3, -0.25) is 0 Å². The maximum Gasteiger partial charge on any atom is 0.143 e.